The van der Waals surface area contributed by atoms with Gasteiger partial charge < -0.3 is 14.8 Å². The van der Waals surface area contributed by atoms with Crippen molar-refractivity contribution in [3.05, 3.63) is 65.7 Å². The van der Waals surface area contributed by atoms with Crippen LogP contribution >= 0.6 is 0 Å². The molecule has 1 atom stereocenters. The van der Waals surface area contributed by atoms with Crippen LogP contribution in [0, 0.1) is 5.92 Å². The van der Waals surface area contributed by atoms with E-state index in [2.05, 4.69) is 28.4 Å². The van der Waals surface area contributed by atoms with E-state index in [1.54, 1.807) is 14.2 Å². The van der Waals surface area contributed by atoms with Crippen molar-refractivity contribution in [2.45, 2.75) is 32.2 Å². The van der Waals surface area contributed by atoms with E-state index in [1.807, 2.05) is 42.5 Å². The zero-order valence-corrected chi connectivity index (χ0v) is 18.7. The number of likely N-dealkylation sites (tertiary alicyclic amines) is 1. The quantitative estimate of drug-likeness (QED) is 0.611. The van der Waals surface area contributed by atoms with Gasteiger partial charge in [-0.25, -0.2) is 0 Å². The number of para-hydroxylation sites is 1. The minimum atomic E-state index is 0.121. The summed E-state index contributed by atoms with van der Waals surface area (Å²) in [5, 5.41) is 3.03. The molecule has 5 heteroatoms. The van der Waals surface area contributed by atoms with Crippen molar-refractivity contribution >= 4 is 12.0 Å². The standard InChI is InChI=1S/C26H34N2O3/c1-30-24-12-5-8-22(18-24)19-27-26(29)15-14-21-9-6-16-28(20-21)17-7-11-23-10-3-4-13-25(23)31-2/h3-5,7-8,10-13,18,21H,6,9,14-17,19-20H2,1-2H3,(H,27,29). The fourth-order valence-corrected chi connectivity index (χ4v) is 4.09. The Balaban J connectivity index is 1.39. The van der Waals surface area contributed by atoms with Crippen LogP contribution in [0.15, 0.2) is 54.6 Å². The normalized spacial score (nSPS) is 16.9. The molecule has 3 rings (SSSR count). The van der Waals surface area contributed by atoms with Gasteiger partial charge in [-0.05, 0) is 55.5 Å². The highest BCUT2D eigenvalue weighted by atomic mass is 16.5. The van der Waals surface area contributed by atoms with E-state index in [0.29, 0.717) is 18.9 Å². The number of piperidine rings is 1. The van der Waals surface area contributed by atoms with Gasteiger partial charge in [-0.1, -0.05) is 42.5 Å². The zero-order chi connectivity index (χ0) is 21.9. The Bertz CT molecular complexity index is 865. The van der Waals surface area contributed by atoms with Gasteiger partial charge in [0.25, 0.3) is 0 Å². The van der Waals surface area contributed by atoms with Crippen molar-refractivity contribution in [1.29, 1.82) is 0 Å². The maximum absolute atomic E-state index is 12.3. The Morgan fingerprint density at radius 2 is 2.03 bits per heavy atom. The Kier molecular flexibility index (Phi) is 8.98. The van der Waals surface area contributed by atoms with E-state index in [-0.39, 0.29) is 5.91 Å². The highest BCUT2D eigenvalue weighted by Gasteiger charge is 2.19. The molecular formula is C26H34N2O3. The number of benzene rings is 2. The van der Waals surface area contributed by atoms with Crippen LogP contribution in [0.25, 0.3) is 6.08 Å². The summed E-state index contributed by atoms with van der Waals surface area (Å²) in [6, 6.07) is 15.9. The van der Waals surface area contributed by atoms with Gasteiger partial charge in [0.1, 0.15) is 11.5 Å². The van der Waals surface area contributed by atoms with Crippen molar-refractivity contribution in [3.63, 3.8) is 0 Å². The molecule has 0 saturated carbocycles. The molecule has 0 aliphatic carbocycles. The minimum absolute atomic E-state index is 0.121. The first-order valence-corrected chi connectivity index (χ1v) is 11.1. The third-order valence-electron chi connectivity index (χ3n) is 5.81. The summed E-state index contributed by atoms with van der Waals surface area (Å²) in [5.74, 6) is 2.41. The topological polar surface area (TPSA) is 50.8 Å². The van der Waals surface area contributed by atoms with E-state index in [0.717, 1.165) is 48.7 Å². The molecule has 5 nitrogen and oxygen atoms in total. The maximum atomic E-state index is 12.3. The molecule has 0 aromatic heterocycles. The van der Waals surface area contributed by atoms with E-state index in [4.69, 9.17) is 9.47 Å². The van der Waals surface area contributed by atoms with Crippen molar-refractivity contribution in [3.8, 4) is 11.5 Å². The molecule has 1 saturated heterocycles. The zero-order valence-electron chi connectivity index (χ0n) is 18.7. The Morgan fingerprint density at radius 3 is 2.87 bits per heavy atom. The molecule has 2 aromatic rings. The van der Waals surface area contributed by atoms with Crippen LogP contribution < -0.4 is 14.8 Å². The van der Waals surface area contributed by atoms with Crippen molar-refractivity contribution in [2.75, 3.05) is 33.9 Å². The van der Waals surface area contributed by atoms with E-state index in [9.17, 15) is 4.79 Å². The Hall–Kier alpha value is -2.79. The molecule has 1 fully saturated rings. The lowest BCUT2D eigenvalue weighted by Gasteiger charge is -2.32. The molecule has 166 valence electrons. The fourth-order valence-electron chi connectivity index (χ4n) is 4.09. The Labute approximate surface area is 186 Å². The second kappa shape index (κ2) is 12.2. The lowest BCUT2D eigenvalue weighted by Crippen LogP contribution is -2.36. The molecule has 1 amide bonds. The third kappa shape index (κ3) is 7.44. The molecule has 1 unspecified atom stereocenters. The van der Waals surface area contributed by atoms with Crippen LogP contribution in [0.5, 0.6) is 11.5 Å². The van der Waals surface area contributed by atoms with E-state index >= 15 is 0 Å². The maximum Gasteiger partial charge on any atom is 0.220 e. The van der Waals surface area contributed by atoms with Crippen LogP contribution in [-0.2, 0) is 11.3 Å². The first-order chi connectivity index (χ1) is 15.2. The van der Waals surface area contributed by atoms with Crippen LogP contribution in [0.2, 0.25) is 0 Å². The van der Waals surface area contributed by atoms with Crippen LogP contribution in [0.3, 0.4) is 0 Å². The summed E-state index contributed by atoms with van der Waals surface area (Å²) >= 11 is 0. The summed E-state index contributed by atoms with van der Waals surface area (Å²) in [7, 11) is 3.36. The molecule has 1 heterocycles. The van der Waals surface area contributed by atoms with Gasteiger partial charge in [-0.3, -0.25) is 9.69 Å². The minimum Gasteiger partial charge on any atom is -0.497 e. The summed E-state index contributed by atoms with van der Waals surface area (Å²) in [4.78, 5) is 14.8. The molecule has 0 spiro atoms. The van der Waals surface area contributed by atoms with Crippen molar-refractivity contribution in [1.82, 2.24) is 10.2 Å². The summed E-state index contributed by atoms with van der Waals surface area (Å²) in [6.45, 7) is 3.64. The highest BCUT2D eigenvalue weighted by molar-refractivity contribution is 5.75. The first-order valence-electron chi connectivity index (χ1n) is 11.1. The number of nitrogens with zero attached hydrogens (tertiary/aromatic N) is 1. The number of carbonyl (C=O) groups is 1. The predicted molar refractivity (Wildman–Crippen MR) is 125 cm³/mol. The average molecular weight is 423 g/mol. The van der Waals surface area contributed by atoms with Gasteiger partial charge in [-0.2, -0.15) is 0 Å². The molecule has 1 N–H and O–H groups in total. The molecule has 2 aromatic carbocycles. The number of methoxy groups -OCH3 is 2. The number of hydrogen-bond acceptors (Lipinski definition) is 4. The van der Waals surface area contributed by atoms with Gasteiger partial charge in [0.2, 0.25) is 5.91 Å². The largest absolute Gasteiger partial charge is 0.497 e. The predicted octanol–water partition coefficient (Wildman–Crippen LogP) is 4.53. The number of ether oxygens (including phenoxy) is 2. The monoisotopic (exact) mass is 422 g/mol. The number of nitrogens with one attached hydrogen (secondary N) is 1. The van der Waals surface area contributed by atoms with E-state index < -0.39 is 0 Å². The fraction of sp³-hybridized carbons (Fsp3) is 0.423. The number of carbonyl (C=O) groups excluding carboxylic acids is 1. The lowest BCUT2D eigenvalue weighted by molar-refractivity contribution is -0.121. The van der Waals surface area contributed by atoms with Crippen LogP contribution in [-0.4, -0.2) is 44.7 Å². The van der Waals surface area contributed by atoms with Crippen molar-refractivity contribution in [2.24, 2.45) is 5.92 Å². The molecule has 31 heavy (non-hydrogen) atoms. The molecule has 1 aliphatic rings. The second-order valence-corrected chi connectivity index (χ2v) is 8.08. The SMILES string of the molecule is COc1cccc(CNC(=O)CCC2CCCN(CC=Cc3ccccc3OC)C2)c1. The van der Waals surface area contributed by atoms with Gasteiger partial charge in [0.15, 0.2) is 0 Å². The summed E-state index contributed by atoms with van der Waals surface area (Å²) in [5.41, 5.74) is 2.16. The highest BCUT2D eigenvalue weighted by Crippen LogP contribution is 2.22. The van der Waals surface area contributed by atoms with Gasteiger partial charge in [0, 0.05) is 31.6 Å². The molecule has 0 bridgehead atoms. The van der Waals surface area contributed by atoms with Crippen molar-refractivity contribution < 1.29 is 14.3 Å². The molecular weight excluding hydrogens is 388 g/mol. The number of amides is 1. The number of rotatable bonds is 10. The summed E-state index contributed by atoms with van der Waals surface area (Å²) < 4.78 is 10.6. The van der Waals surface area contributed by atoms with Gasteiger partial charge >= 0.3 is 0 Å². The van der Waals surface area contributed by atoms with E-state index in [1.165, 1.54) is 12.8 Å². The van der Waals surface area contributed by atoms with Gasteiger partial charge in [-0.15, -0.1) is 0 Å². The molecule has 1 aliphatic heterocycles. The summed E-state index contributed by atoms with van der Waals surface area (Å²) in [6.07, 6.45) is 8.26. The number of hydrogen-bond donors (Lipinski definition) is 1. The third-order valence-corrected chi connectivity index (χ3v) is 5.81. The van der Waals surface area contributed by atoms with Gasteiger partial charge in [0.05, 0.1) is 14.2 Å². The second-order valence-electron chi connectivity index (χ2n) is 8.08. The first kappa shape index (κ1) is 22.9. The van der Waals surface area contributed by atoms with Crippen LogP contribution in [0.4, 0.5) is 0 Å². The average Bonchev–Trinajstić information content (AvgIpc) is 2.82. The molecule has 0 radical (unpaired) electrons. The Morgan fingerprint density at radius 1 is 1.16 bits per heavy atom. The van der Waals surface area contributed by atoms with Crippen LogP contribution in [0.1, 0.15) is 36.8 Å². The smallest absolute Gasteiger partial charge is 0.220 e. The lowest BCUT2D eigenvalue weighted by atomic mass is 9.93.